The number of rotatable bonds is 4. The second kappa shape index (κ2) is 5.53. The largest absolute Gasteiger partial charge is 0.478 e. The fraction of sp³-hybridized carbons (Fsp3) is 0.533. The fourth-order valence-electron chi connectivity index (χ4n) is 2.93. The highest BCUT2D eigenvalue weighted by Crippen LogP contribution is 2.27. The molecule has 1 aliphatic heterocycles. The fourth-order valence-corrected chi connectivity index (χ4v) is 2.93. The number of likely N-dealkylation sites (tertiary alicyclic amines) is 1. The van der Waals surface area contributed by atoms with Crippen LogP contribution in [0.15, 0.2) is 24.3 Å². The maximum Gasteiger partial charge on any atom is 0.335 e. The standard InChI is InChI=1S/C15H21NO2/c1-3-14-11(2)8-9-16(14)10-12-4-6-13(7-5-12)15(17)18/h4-7,11,14H,3,8-10H2,1-2H3,(H,17,18). The Morgan fingerprint density at radius 2 is 2.06 bits per heavy atom. The van der Waals surface area contributed by atoms with Gasteiger partial charge in [-0.25, -0.2) is 4.79 Å². The summed E-state index contributed by atoms with van der Waals surface area (Å²) in [6, 6.07) is 7.92. The zero-order valence-electron chi connectivity index (χ0n) is 11.1. The van der Waals surface area contributed by atoms with E-state index in [9.17, 15) is 4.79 Å². The molecule has 1 heterocycles. The minimum Gasteiger partial charge on any atom is -0.478 e. The first-order chi connectivity index (χ1) is 8.61. The average molecular weight is 247 g/mol. The highest BCUT2D eigenvalue weighted by atomic mass is 16.4. The molecule has 2 atom stereocenters. The Kier molecular flexibility index (Phi) is 4.02. The summed E-state index contributed by atoms with van der Waals surface area (Å²) in [4.78, 5) is 13.3. The predicted octanol–water partition coefficient (Wildman–Crippen LogP) is 3.01. The third-order valence-corrected chi connectivity index (χ3v) is 4.00. The number of carboxylic acids is 1. The highest BCUT2D eigenvalue weighted by molar-refractivity contribution is 5.87. The Labute approximate surface area is 108 Å². The van der Waals surface area contributed by atoms with E-state index in [1.54, 1.807) is 12.1 Å². The first-order valence-corrected chi connectivity index (χ1v) is 6.68. The summed E-state index contributed by atoms with van der Waals surface area (Å²) < 4.78 is 0. The van der Waals surface area contributed by atoms with Crippen LogP contribution in [-0.4, -0.2) is 28.6 Å². The molecule has 18 heavy (non-hydrogen) atoms. The number of hydrogen-bond donors (Lipinski definition) is 1. The SMILES string of the molecule is CCC1C(C)CCN1Cc1ccc(C(=O)O)cc1. The Morgan fingerprint density at radius 1 is 1.39 bits per heavy atom. The molecule has 0 aromatic heterocycles. The molecule has 1 aliphatic rings. The summed E-state index contributed by atoms with van der Waals surface area (Å²) in [5, 5.41) is 8.86. The number of benzene rings is 1. The Hall–Kier alpha value is -1.35. The van der Waals surface area contributed by atoms with Crippen LogP contribution in [0.3, 0.4) is 0 Å². The van der Waals surface area contributed by atoms with Crippen molar-refractivity contribution in [2.45, 2.75) is 39.3 Å². The van der Waals surface area contributed by atoms with Crippen molar-refractivity contribution in [1.82, 2.24) is 4.90 Å². The second-order valence-corrected chi connectivity index (χ2v) is 5.21. The molecular weight excluding hydrogens is 226 g/mol. The van der Waals surface area contributed by atoms with Gasteiger partial charge < -0.3 is 5.11 Å². The lowest BCUT2D eigenvalue weighted by Crippen LogP contribution is -2.30. The van der Waals surface area contributed by atoms with E-state index in [0.717, 1.165) is 19.0 Å². The predicted molar refractivity (Wildman–Crippen MR) is 71.7 cm³/mol. The molecule has 3 nitrogen and oxygen atoms in total. The maximum atomic E-state index is 10.8. The summed E-state index contributed by atoms with van der Waals surface area (Å²) in [6.45, 7) is 6.65. The summed E-state index contributed by atoms with van der Waals surface area (Å²) in [7, 11) is 0. The zero-order valence-corrected chi connectivity index (χ0v) is 11.1. The van der Waals surface area contributed by atoms with Gasteiger partial charge in [-0.05, 0) is 43.0 Å². The van der Waals surface area contributed by atoms with Crippen molar-refractivity contribution >= 4 is 5.97 Å². The van der Waals surface area contributed by atoms with Gasteiger partial charge in [-0.3, -0.25) is 4.90 Å². The molecule has 2 unspecified atom stereocenters. The van der Waals surface area contributed by atoms with Gasteiger partial charge in [0.2, 0.25) is 0 Å². The van der Waals surface area contributed by atoms with E-state index in [1.807, 2.05) is 12.1 Å². The van der Waals surface area contributed by atoms with Crippen molar-refractivity contribution in [2.24, 2.45) is 5.92 Å². The molecular formula is C15H21NO2. The van der Waals surface area contributed by atoms with E-state index >= 15 is 0 Å². The average Bonchev–Trinajstić information content (AvgIpc) is 2.70. The molecule has 2 rings (SSSR count). The van der Waals surface area contributed by atoms with Crippen molar-refractivity contribution in [3.8, 4) is 0 Å². The zero-order chi connectivity index (χ0) is 13.1. The lowest BCUT2D eigenvalue weighted by atomic mass is 10.0. The van der Waals surface area contributed by atoms with Crippen LogP contribution < -0.4 is 0 Å². The van der Waals surface area contributed by atoms with Gasteiger partial charge in [-0.2, -0.15) is 0 Å². The Bertz CT molecular complexity index is 413. The van der Waals surface area contributed by atoms with Crippen molar-refractivity contribution in [3.63, 3.8) is 0 Å². The molecule has 1 N–H and O–H groups in total. The summed E-state index contributed by atoms with van der Waals surface area (Å²) in [6.07, 6.45) is 2.46. The normalized spacial score (nSPS) is 24.3. The van der Waals surface area contributed by atoms with Crippen molar-refractivity contribution in [2.75, 3.05) is 6.54 Å². The first kappa shape index (κ1) is 13.1. The van der Waals surface area contributed by atoms with Gasteiger partial charge in [0.1, 0.15) is 0 Å². The van der Waals surface area contributed by atoms with Crippen LogP contribution >= 0.6 is 0 Å². The van der Waals surface area contributed by atoms with Gasteiger partial charge in [-0.15, -0.1) is 0 Å². The smallest absolute Gasteiger partial charge is 0.335 e. The van der Waals surface area contributed by atoms with Gasteiger partial charge >= 0.3 is 5.97 Å². The molecule has 1 aromatic rings. The molecule has 1 aromatic carbocycles. The third-order valence-electron chi connectivity index (χ3n) is 4.00. The van der Waals surface area contributed by atoms with E-state index in [1.165, 1.54) is 18.4 Å². The molecule has 0 radical (unpaired) electrons. The number of aromatic carboxylic acids is 1. The van der Waals surface area contributed by atoms with E-state index in [2.05, 4.69) is 18.7 Å². The molecule has 0 bridgehead atoms. The van der Waals surface area contributed by atoms with Crippen molar-refractivity contribution < 1.29 is 9.90 Å². The van der Waals surface area contributed by atoms with E-state index < -0.39 is 5.97 Å². The Balaban J connectivity index is 2.03. The minimum absolute atomic E-state index is 0.362. The molecule has 98 valence electrons. The molecule has 3 heteroatoms. The van der Waals surface area contributed by atoms with Crippen LogP contribution in [-0.2, 0) is 6.54 Å². The number of carbonyl (C=O) groups is 1. The van der Waals surface area contributed by atoms with Crippen LogP contribution in [0.5, 0.6) is 0 Å². The van der Waals surface area contributed by atoms with Crippen LogP contribution in [0.2, 0.25) is 0 Å². The molecule has 0 amide bonds. The molecule has 0 aliphatic carbocycles. The quantitative estimate of drug-likeness (QED) is 0.889. The molecule has 0 saturated carbocycles. The van der Waals surface area contributed by atoms with E-state index in [4.69, 9.17) is 5.11 Å². The summed E-state index contributed by atoms with van der Waals surface area (Å²) in [5.41, 5.74) is 1.56. The van der Waals surface area contributed by atoms with Crippen LogP contribution in [0.1, 0.15) is 42.6 Å². The van der Waals surface area contributed by atoms with Gasteiger partial charge in [0.15, 0.2) is 0 Å². The summed E-state index contributed by atoms with van der Waals surface area (Å²) >= 11 is 0. The topological polar surface area (TPSA) is 40.5 Å². The van der Waals surface area contributed by atoms with E-state index in [-0.39, 0.29) is 0 Å². The monoisotopic (exact) mass is 247 g/mol. The lowest BCUT2D eigenvalue weighted by Gasteiger charge is -2.25. The van der Waals surface area contributed by atoms with Gasteiger partial charge in [0.25, 0.3) is 0 Å². The van der Waals surface area contributed by atoms with Crippen LogP contribution in [0.25, 0.3) is 0 Å². The second-order valence-electron chi connectivity index (χ2n) is 5.21. The van der Waals surface area contributed by atoms with E-state index in [0.29, 0.717) is 11.6 Å². The van der Waals surface area contributed by atoms with Gasteiger partial charge in [-0.1, -0.05) is 26.0 Å². The molecule has 1 saturated heterocycles. The van der Waals surface area contributed by atoms with Gasteiger partial charge in [0, 0.05) is 12.6 Å². The Morgan fingerprint density at radius 3 is 2.61 bits per heavy atom. The van der Waals surface area contributed by atoms with Crippen molar-refractivity contribution in [3.05, 3.63) is 35.4 Å². The first-order valence-electron chi connectivity index (χ1n) is 6.68. The molecule has 1 fully saturated rings. The van der Waals surface area contributed by atoms with Crippen LogP contribution in [0, 0.1) is 5.92 Å². The number of nitrogens with zero attached hydrogens (tertiary/aromatic N) is 1. The van der Waals surface area contributed by atoms with Crippen LogP contribution in [0.4, 0.5) is 0 Å². The number of carboxylic acid groups (broad SMARTS) is 1. The third kappa shape index (κ3) is 2.72. The van der Waals surface area contributed by atoms with Gasteiger partial charge in [0.05, 0.1) is 5.56 Å². The highest BCUT2D eigenvalue weighted by Gasteiger charge is 2.29. The minimum atomic E-state index is -0.859. The maximum absolute atomic E-state index is 10.8. The number of hydrogen-bond acceptors (Lipinski definition) is 2. The summed E-state index contributed by atoms with van der Waals surface area (Å²) in [5.74, 6) is -0.0870. The lowest BCUT2D eigenvalue weighted by molar-refractivity contribution is 0.0697. The molecule has 0 spiro atoms. The van der Waals surface area contributed by atoms with Crippen molar-refractivity contribution in [1.29, 1.82) is 0 Å².